The van der Waals surface area contributed by atoms with Crippen LogP contribution in [0.25, 0.3) is 0 Å². The lowest BCUT2D eigenvalue weighted by Gasteiger charge is -2.17. The largest absolute Gasteiger partial charge is 0.382 e. The van der Waals surface area contributed by atoms with Gasteiger partial charge >= 0.3 is 0 Å². The third kappa shape index (κ3) is 3.27. The maximum Gasteiger partial charge on any atom is 0.259 e. The van der Waals surface area contributed by atoms with Crippen LogP contribution in [0.2, 0.25) is 0 Å². The van der Waals surface area contributed by atoms with Crippen molar-refractivity contribution in [3.63, 3.8) is 0 Å². The Bertz CT molecular complexity index is 746. The molecule has 0 saturated heterocycles. The number of rotatable bonds is 5. The van der Waals surface area contributed by atoms with Crippen LogP contribution in [0, 0.1) is 5.41 Å². The Balaban J connectivity index is 1.93. The molecule has 1 aromatic carbocycles. The molecule has 1 saturated carbocycles. The molecule has 0 radical (unpaired) electrons. The minimum Gasteiger partial charge on any atom is -0.382 e. The van der Waals surface area contributed by atoms with Gasteiger partial charge in [-0.05, 0) is 31.0 Å². The molecule has 5 N–H and O–H groups in total. The van der Waals surface area contributed by atoms with Crippen molar-refractivity contribution in [2.75, 3.05) is 10.8 Å². The fourth-order valence-electron chi connectivity index (χ4n) is 2.99. The van der Waals surface area contributed by atoms with E-state index in [1.54, 1.807) is 30.5 Å². The average Bonchev–Trinajstić information content (AvgIpc) is 3.08. The molecular formula is C17H20N4O2. The van der Waals surface area contributed by atoms with Crippen LogP contribution in [0.3, 0.4) is 0 Å². The molecular weight excluding hydrogens is 292 g/mol. The molecule has 120 valence electrons. The first-order valence-corrected chi connectivity index (χ1v) is 7.76. The number of anilines is 2. The van der Waals surface area contributed by atoms with Gasteiger partial charge < -0.3 is 10.3 Å². The molecule has 1 heterocycles. The van der Waals surface area contributed by atoms with Crippen molar-refractivity contribution in [2.45, 2.75) is 31.7 Å². The first kappa shape index (κ1) is 15.3. The second kappa shape index (κ2) is 6.66. The Labute approximate surface area is 134 Å². The second-order valence-electron chi connectivity index (χ2n) is 5.79. The van der Waals surface area contributed by atoms with E-state index < -0.39 is 0 Å². The van der Waals surface area contributed by atoms with Crippen LogP contribution < -0.4 is 16.4 Å². The van der Waals surface area contributed by atoms with E-state index in [9.17, 15) is 4.79 Å². The minimum atomic E-state index is -0.276. The molecule has 3 rings (SSSR count). The molecule has 0 unspecified atom stereocenters. The third-order valence-electron chi connectivity index (χ3n) is 4.23. The number of nitrogens with one attached hydrogen (secondary N) is 4. The molecule has 1 aliphatic carbocycles. The third-order valence-corrected chi connectivity index (χ3v) is 4.23. The van der Waals surface area contributed by atoms with E-state index in [0.29, 0.717) is 28.5 Å². The summed E-state index contributed by atoms with van der Waals surface area (Å²) in [5, 5.41) is 20.7. The summed E-state index contributed by atoms with van der Waals surface area (Å²) in [5.74, 6) is 0. The van der Waals surface area contributed by atoms with E-state index in [0.717, 1.165) is 12.8 Å². The van der Waals surface area contributed by atoms with Crippen LogP contribution in [0.1, 0.15) is 36.8 Å². The maximum atomic E-state index is 12.3. The van der Waals surface area contributed by atoms with Gasteiger partial charge in [-0.2, -0.15) is 0 Å². The van der Waals surface area contributed by atoms with Gasteiger partial charge in [0.1, 0.15) is 0 Å². The second-order valence-corrected chi connectivity index (χ2v) is 5.79. The van der Waals surface area contributed by atoms with E-state index in [1.165, 1.54) is 12.8 Å². The molecule has 6 heteroatoms. The van der Waals surface area contributed by atoms with Crippen molar-refractivity contribution in [1.29, 1.82) is 5.41 Å². The van der Waals surface area contributed by atoms with Gasteiger partial charge in [-0.1, -0.05) is 25.0 Å². The zero-order valence-corrected chi connectivity index (χ0v) is 12.7. The number of hydrogen-bond acceptors (Lipinski definition) is 5. The Morgan fingerprint density at radius 1 is 1.17 bits per heavy atom. The zero-order valence-electron chi connectivity index (χ0n) is 12.7. The highest BCUT2D eigenvalue weighted by atomic mass is 16.5. The summed E-state index contributed by atoms with van der Waals surface area (Å²) in [6.07, 6.45) is 6.19. The van der Waals surface area contributed by atoms with Crippen LogP contribution in [0.5, 0.6) is 0 Å². The van der Waals surface area contributed by atoms with Crippen LogP contribution >= 0.6 is 0 Å². The number of aromatic nitrogens is 1. The van der Waals surface area contributed by atoms with Gasteiger partial charge in [-0.15, -0.1) is 0 Å². The molecule has 1 fully saturated rings. The summed E-state index contributed by atoms with van der Waals surface area (Å²) in [4.78, 5) is 14.9. The Morgan fingerprint density at radius 2 is 1.87 bits per heavy atom. The summed E-state index contributed by atoms with van der Waals surface area (Å²) in [6.45, 7) is 0. The van der Waals surface area contributed by atoms with Gasteiger partial charge in [-0.25, -0.2) is 0 Å². The summed E-state index contributed by atoms with van der Waals surface area (Å²) in [5.41, 5.74) is 4.15. The summed E-state index contributed by atoms with van der Waals surface area (Å²) >= 11 is 0. The first-order valence-electron chi connectivity index (χ1n) is 7.76. The van der Waals surface area contributed by atoms with E-state index in [-0.39, 0.29) is 11.3 Å². The van der Waals surface area contributed by atoms with Gasteiger partial charge in [0, 0.05) is 17.8 Å². The predicted molar refractivity (Wildman–Crippen MR) is 90.7 cm³/mol. The molecule has 23 heavy (non-hydrogen) atoms. The van der Waals surface area contributed by atoms with E-state index in [4.69, 9.17) is 10.6 Å². The molecule has 0 atom stereocenters. The number of pyridine rings is 1. The van der Waals surface area contributed by atoms with Crippen molar-refractivity contribution < 1.29 is 5.21 Å². The van der Waals surface area contributed by atoms with Gasteiger partial charge in [0.2, 0.25) is 0 Å². The van der Waals surface area contributed by atoms with Crippen LogP contribution in [0.4, 0.5) is 11.4 Å². The topological polar surface area (TPSA) is 101 Å². The van der Waals surface area contributed by atoms with E-state index in [2.05, 4.69) is 15.8 Å². The lowest BCUT2D eigenvalue weighted by atomic mass is 10.0. The SMILES string of the molecule is N=C(c1ccc(NO)cc1)c1c(NC2CCCC2)cc[nH]c1=O. The smallest absolute Gasteiger partial charge is 0.259 e. The monoisotopic (exact) mass is 312 g/mol. The Kier molecular flexibility index (Phi) is 4.43. The lowest BCUT2D eigenvalue weighted by Crippen LogP contribution is -2.24. The molecule has 1 aromatic heterocycles. The fourth-order valence-corrected chi connectivity index (χ4v) is 2.99. The van der Waals surface area contributed by atoms with Gasteiger partial charge in [-0.3, -0.25) is 20.9 Å². The quantitative estimate of drug-likeness (QED) is 0.433. The van der Waals surface area contributed by atoms with Crippen molar-refractivity contribution in [1.82, 2.24) is 4.98 Å². The molecule has 1 aliphatic rings. The highest BCUT2D eigenvalue weighted by molar-refractivity contribution is 6.13. The van der Waals surface area contributed by atoms with Gasteiger partial charge in [0.15, 0.2) is 0 Å². The molecule has 0 amide bonds. The maximum absolute atomic E-state index is 12.3. The van der Waals surface area contributed by atoms with Crippen molar-refractivity contribution in [2.24, 2.45) is 0 Å². The molecule has 6 nitrogen and oxygen atoms in total. The number of hydrogen-bond donors (Lipinski definition) is 5. The minimum absolute atomic E-state index is 0.164. The summed E-state index contributed by atoms with van der Waals surface area (Å²) in [6, 6.07) is 8.90. The molecule has 0 spiro atoms. The number of aromatic amines is 1. The Hall–Kier alpha value is -2.60. The highest BCUT2D eigenvalue weighted by Crippen LogP contribution is 2.24. The summed E-state index contributed by atoms with van der Waals surface area (Å²) < 4.78 is 0. The zero-order chi connectivity index (χ0) is 16.2. The van der Waals surface area contributed by atoms with Crippen molar-refractivity contribution in [3.8, 4) is 0 Å². The van der Waals surface area contributed by atoms with Crippen LogP contribution in [-0.4, -0.2) is 21.9 Å². The molecule has 0 aliphatic heterocycles. The highest BCUT2D eigenvalue weighted by Gasteiger charge is 2.19. The normalized spacial score (nSPS) is 14.7. The van der Waals surface area contributed by atoms with Gasteiger partial charge in [0.25, 0.3) is 5.56 Å². The first-order chi connectivity index (χ1) is 11.2. The number of benzene rings is 1. The average molecular weight is 312 g/mol. The standard InChI is InChI=1S/C17H20N4O2/c18-16(11-5-7-13(21-23)8-6-11)15-14(9-10-19-17(15)22)20-12-3-1-2-4-12/h5-10,12,18,21,23H,1-4H2,(H2,19,20,22). The van der Waals surface area contributed by atoms with E-state index >= 15 is 0 Å². The van der Waals surface area contributed by atoms with Crippen LogP contribution in [-0.2, 0) is 0 Å². The predicted octanol–water partition coefficient (Wildman–Crippen LogP) is 2.95. The molecule has 0 bridgehead atoms. The van der Waals surface area contributed by atoms with Crippen molar-refractivity contribution >= 4 is 17.1 Å². The molecule has 2 aromatic rings. The Morgan fingerprint density at radius 3 is 2.52 bits per heavy atom. The van der Waals surface area contributed by atoms with Crippen molar-refractivity contribution in [3.05, 3.63) is 58.0 Å². The lowest BCUT2D eigenvalue weighted by molar-refractivity contribution is 0.389. The number of H-pyrrole nitrogens is 1. The van der Waals surface area contributed by atoms with Gasteiger partial charge in [0.05, 0.1) is 22.6 Å². The van der Waals surface area contributed by atoms with Crippen LogP contribution in [0.15, 0.2) is 41.3 Å². The summed E-state index contributed by atoms with van der Waals surface area (Å²) in [7, 11) is 0. The van der Waals surface area contributed by atoms with E-state index in [1.807, 2.05) is 6.07 Å². The fraction of sp³-hybridized carbons (Fsp3) is 0.294.